The van der Waals surface area contributed by atoms with Gasteiger partial charge in [0.15, 0.2) is 11.5 Å². The van der Waals surface area contributed by atoms with E-state index in [1.165, 1.54) is 0 Å². The van der Waals surface area contributed by atoms with Gasteiger partial charge < -0.3 is 14.6 Å². The lowest BCUT2D eigenvalue weighted by Gasteiger charge is -2.08. The fraction of sp³-hybridized carbons (Fsp3) is 0.467. The lowest BCUT2D eigenvalue weighted by molar-refractivity contribution is 0.143. The van der Waals surface area contributed by atoms with E-state index in [0.717, 1.165) is 17.1 Å². The number of fused-ring (bicyclic) bond motifs is 1. The van der Waals surface area contributed by atoms with Crippen molar-refractivity contribution in [3.8, 4) is 23.3 Å². The van der Waals surface area contributed by atoms with E-state index in [0.29, 0.717) is 19.1 Å². The molecule has 1 unspecified atom stereocenters. The first kappa shape index (κ1) is 12.8. The van der Waals surface area contributed by atoms with Crippen molar-refractivity contribution in [2.24, 2.45) is 5.92 Å². The molecule has 0 radical (unpaired) electrons. The maximum absolute atomic E-state index is 9.57. The van der Waals surface area contributed by atoms with Crippen LogP contribution in [0.4, 0.5) is 0 Å². The Kier molecular flexibility index (Phi) is 3.49. The van der Waals surface area contributed by atoms with Gasteiger partial charge in [0.25, 0.3) is 0 Å². The summed E-state index contributed by atoms with van der Waals surface area (Å²) in [6, 6.07) is 5.59. The standard InChI is InChI=1S/C15H18O3/c1-11-9-17-13-5-4-12(6-7-15(2,3)16)8-14(13)18-10-11/h4-5,8,11,16H,9-10H2,1-3H3. The zero-order chi connectivity index (χ0) is 13.2. The van der Waals surface area contributed by atoms with Crippen LogP contribution in [0.15, 0.2) is 18.2 Å². The lowest BCUT2D eigenvalue weighted by Crippen LogP contribution is -2.14. The van der Waals surface area contributed by atoms with Gasteiger partial charge in [-0.2, -0.15) is 0 Å². The van der Waals surface area contributed by atoms with Gasteiger partial charge in [0.05, 0.1) is 13.2 Å². The normalized spacial score (nSPS) is 18.6. The highest BCUT2D eigenvalue weighted by atomic mass is 16.5. The first-order valence-corrected chi connectivity index (χ1v) is 6.09. The Hall–Kier alpha value is -1.66. The van der Waals surface area contributed by atoms with Crippen molar-refractivity contribution in [3.05, 3.63) is 23.8 Å². The minimum absolute atomic E-state index is 0.378. The van der Waals surface area contributed by atoms with E-state index in [1.807, 2.05) is 18.2 Å². The molecule has 1 aromatic carbocycles. The molecule has 0 aliphatic carbocycles. The summed E-state index contributed by atoms with van der Waals surface area (Å²) in [5.41, 5.74) is -0.174. The van der Waals surface area contributed by atoms with Crippen molar-refractivity contribution in [1.82, 2.24) is 0 Å². The van der Waals surface area contributed by atoms with Gasteiger partial charge in [0.1, 0.15) is 5.60 Å². The van der Waals surface area contributed by atoms with Crippen LogP contribution in [0.1, 0.15) is 26.3 Å². The largest absolute Gasteiger partial charge is 0.489 e. The fourth-order valence-electron chi connectivity index (χ4n) is 1.56. The van der Waals surface area contributed by atoms with Gasteiger partial charge in [-0.15, -0.1) is 0 Å². The second-order valence-electron chi connectivity index (χ2n) is 5.20. The summed E-state index contributed by atoms with van der Waals surface area (Å²) in [6.07, 6.45) is 0. The molecule has 1 aliphatic rings. The Morgan fingerprint density at radius 2 is 1.89 bits per heavy atom. The molecule has 18 heavy (non-hydrogen) atoms. The van der Waals surface area contributed by atoms with Gasteiger partial charge in [-0.1, -0.05) is 18.8 Å². The van der Waals surface area contributed by atoms with Gasteiger partial charge in [0, 0.05) is 11.5 Å². The summed E-state index contributed by atoms with van der Waals surface area (Å²) in [4.78, 5) is 0. The van der Waals surface area contributed by atoms with E-state index >= 15 is 0 Å². The predicted octanol–water partition coefficient (Wildman–Crippen LogP) is 2.22. The summed E-state index contributed by atoms with van der Waals surface area (Å²) >= 11 is 0. The summed E-state index contributed by atoms with van der Waals surface area (Å²) in [6.45, 7) is 6.72. The molecule has 0 bridgehead atoms. The molecular formula is C15H18O3. The van der Waals surface area contributed by atoms with E-state index in [9.17, 15) is 5.11 Å². The molecule has 0 aromatic heterocycles. The molecule has 2 rings (SSSR count). The van der Waals surface area contributed by atoms with Crippen molar-refractivity contribution in [3.63, 3.8) is 0 Å². The van der Waals surface area contributed by atoms with Crippen molar-refractivity contribution >= 4 is 0 Å². The number of rotatable bonds is 0. The third kappa shape index (κ3) is 3.41. The first-order valence-electron chi connectivity index (χ1n) is 6.09. The molecule has 3 nitrogen and oxygen atoms in total. The Morgan fingerprint density at radius 1 is 1.22 bits per heavy atom. The highest BCUT2D eigenvalue weighted by Crippen LogP contribution is 2.31. The van der Waals surface area contributed by atoms with Gasteiger partial charge in [-0.3, -0.25) is 0 Å². The number of aliphatic hydroxyl groups is 1. The van der Waals surface area contributed by atoms with Crippen molar-refractivity contribution < 1.29 is 14.6 Å². The molecule has 96 valence electrons. The summed E-state index contributed by atoms with van der Waals surface area (Å²) < 4.78 is 11.3. The Balaban J connectivity index is 2.24. The van der Waals surface area contributed by atoms with E-state index in [-0.39, 0.29) is 0 Å². The van der Waals surface area contributed by atoms with Crippen LogP contribution in [0.25, 0.3) is 0 Å². The van der Waals surface area contributed by atoms with Crippen LogP contribution < -0.4 is 9.47 Å². The zero-order valence-electron chi connectivity index (χ0n) is 11.0. The van der Waals surface area contributed by atoms with Gasteiger partial charge in [0.2, 0.25) is 0 Å². The summed E-state index contributed by atoms with van der Waals surface area (Å²) in [7, 11) is 0. The number of hydrogen-bond donors (Lipinski definition) is 1. The lowest BCUT2D eigenvalue weighted by atomic mass is 10.1. The molecule has 1 N–H and O–H groups in total. The molecule has 0 spiro atoms. The molecule has 0 saturated heterocycles. The molecule has 1 atom stereocenters. The zero-order valence-corrected chi connectivity index (χ0v) is 11.0. The number of benzene rings is 1. The van der Waals surface area contributed by atoms with Gasteiger partial charge in [-0.05, 0) is 32.0 Å². The van der Waals surface area contributed by atoms with Crippen LogP contribution in [-0.4, -0.2) is 23.9 Å². The van der Waals surface area contributed by atoms with E-state index in [2.05, 4.69) is 18.8 Å². The van der Waals surface area contributed by atoms with Crippen LogP contribution in [-0.2, 0) is 0 Å². The molecule has 0 amide bonds. The fourth-order valence-corrected chi connectivity index (χ4v) is 1.56. The molecule has 1 heterocycles. The van der Waals surface area contributed by atoms with Crippen LogP contribution in [0.2, 0.25) is 0 Å². The smallest absolute Gasteiger partial charge is 0.162 e. The maximum Gasteiger partial charge on any atom is 0.162 e. The van der Waals surface area contributed by atoms with Crippen molar-refractivity contribution in [2.45, 2.75) is 26.4 Å². The van der Waals surface area contributed by atoms with Crippen LogP contribution >= 0.6 is 0 Å². The first-order chi connectivity index (χ1) is 8.44. The second-order valence-corrected chi connectivity index (χ2v) is 5.20. The predicted molar refractivity (Wildman–Crippen MR) is 69.8 cm³/mol. The van der Waals surface area contributed by atoms with Gasteiger partial charge in [-0.25, -0.2) is 0 Å². The average Bonchev–Trinajstić information content (AvgIpc) is 2.48. The number of ether oxygens (including phenoxy) is 2. The highest BCUT2D eigenvalue weighted by Gasteiger charge is 2.15. The minimum atomic E-state index is -0.987. The van der Waals surface area contributed by atoms with Crippen LogP contribution in [0.3, 0.4) is 0 Å². The monoisotopic (exact) mass is 246 g/mol. The Labute approximate surface area is 108 Å². The molecule has 3 heteroatoms. The summed E-state index contributed by atoms with van der Waals surface area (Å²) in [5, 5.41) is 9.57. The maximum atomic E-state index is 9.57. The van der Waals surface area contributed by atoms with E-state index in [4.69, 9.17) is 9.47 Å². The third-order valence-electron chi connectivity index (χ3n) is 2.50. The van der Waals surface area contributed by atoms with Crippen LogP contribution in [0, 0.1) is 17.8 Å². The Bertz CT molecular complexity index is 489. The topological polar surface area (TPSA) is 38.7 Å². The molecule has 1 aromatic rings. The SMILES string of the molecule is CC1COc2ccc(C#CC(C)(C)O)cc2OC1. The average molecular weight is 246 g/mol. The molecule has 0 saturated carbocycles. The van der Waals surface area contributed by atoms with Crippen molar-refractivity contribution in [1.29, 1.82) is 0 Å². The second kappa shape index (κ2) is 4.91. The Morgan fingerprint density at radius 3 is 2.56 bits per heavy atom. The van der Waals surface area contributed by atoms with Crippen LogP contribution in [0.5, 0.6) is 11.5 Å². The van der Waals surface area contributed by atoms with Gasteiger partial charge >= 0.3 is 0 Å². The highest BCUT2D eigenvalue weighted by molar-refractivity contribution is 5.49. The van der Waals surface area contributed by atoms with E-state index < -0.39 is 5.60 Å². The quantitative estimate of drug-likeness (QED) is 0.713. The molecule has 0 fully saturated rings. The molecular weight excluding hydrogens is 228 g/mol. The van der Waals surface area contributed by atoms with Crippen molar-refractivity contribution in [2.75, 3.05) is 13.2 Å². The molecule has 1 aliphatic heterocycles. The minimum Gasteiger partial charge on any atom is -0.489 e. The third-order valence-corrected chi connectivity index (χ3v) is 2.50. The summed E-state index contributed by atoms with van der Waals surface area (Å²) in [5.74, 6) is 7.57. The van der Waals surface area contributed by atoms with E-state index in [1.54, 1.807) is 13.8 Å². The number of hydrogen-bond acceptors (Lipinski definition) is 3.